The van der Waals surface area contributed by atoms with Crippen molar-refractivity contribution < 1.29 is 17.9 Å². The van der Waals surface area contributed by atoms with Crippen LogP contribution < -0.4 is 14.5 Å². The van der Waals surface area contributed by atoms with Crippen molar-refractivity contribution in [3.63, 3.8) is 0 Å². The van der Waals surface area contributed by atoms with E-state index in [4.69, 9.17) is 4.74 Å². The maximum Gasteiger partial charge on any atom is 0.264 e. The number of nitrogens with one attached hydrogen (secondary N) is 1. The molecule has 1 fully saturated rings. The van der Waals surface area contributed by atoms with Gasteiger partial charge in [-0.1, -0.05) is 48.0 Å². The number of para-hydroxylation sites is 1. The minimum Gasteiger partial charge on any atom is -0.378 e. The molecule has 1 amide bonds. The summed E-state index contributed by atoms with van der Waals surface area (Å²) in [6.07, 6.45) is 0. The summed E-state index contributed by atoms with van der Waals surface area (Å²) in [5.41, 5.74) is 4.29. The number of hydrogen-bond acceptors (Lipinski definition) is 5. The van der Waals surface area contributed by atoms with E-state index in [0.717, 1.165) is 48.7 Å². The van der Waals surface area contributed by atoms with Crippen LogP contribution in [0.25, 0.3) is 0 Å². The van der Waals surface area contributed by atoms with Gasteiger partial charge in [0.05, 0.1) is 23.8 Å². The Morgan fingerprint density at radius 2 is 1.60 bits per heavy atom. The molecule has 0 radical (unpaired) electrons. The lowest BCUT2D eigenvalue weighted by Gasteiger charge is -2.29. The first kappa shape index (κ1) is 24.8. The molecule has 0 aliphatic carbocycles. The van der Waals surface area contributed by atoms with E-state index < -0.39 is 10.0 Å². The zero-order chi connectivity index (χ0) is 24.8. The number of benzene rings is 3. The normalized spacial score (nSPS) is 13.9. The second-order valence-corrected chi connectivity index (χ2v) is 10.5. The fourth-order valence-electron chi connectivity index (χ4n) is 4.01. The number of ether oxygens (including phenoxy) is 1. The van der Waals surface area contributed by atoms with Gasteiger partial charge < -0.3 is 15.0 Å². The van der Waals surface area contributed by atoms with Gasteiger partial charge in [-0.3, -0.25) is 9.10 Å². The number of aryl methyl sites for hydroxylation is 2. The Balaban J connectivity index is 1.47. The number of morpholine rings is 1. The molecule has 1 saturated heterocycles. The maximum atomic E-state index is 13.5. The first-order chi connectivity index (χ1) is 16.8. The molecule has 184 valence electrons. The Bertz CT molecular complexity index is 1250. The number of amides is 1. The highest BCUT2D eigenvalue weighted by atomic mass is 32.2. The molecule has 1 N–H and O–H groups in total. The van der Waals surface area contributed by atoms with Crippen molar-refractivity contribution in [2.24, 2.45) is 0 Å². The van der Waals surface area contributed by atoms with Crippen LogP contribution >= 0.6 is 0 Å². The third-order valence-electron chi connectivity index (χ3n) is 6.08. The standard InChI is InChI=1S/C27H31N3O4S/c1-21-7-13-25(14-8-21)35(32,33)30(26-6-4-3-5-22(26)2)20-27(31)28-19-23-9-11-24(12-10-23)29-15-17-34-18-16-29/h3-14H,15-20H2,1-2H3,(H,28,31). The Hall–Kier alpha value is -3.36. The van der Waals surface area contributed by atoms with Crippen LogP contribution in [-0.2, 0) is 26.1 Å². The summed E-state index contributed by atoms with van der Waals surface area (Å²) in [4.78, 5) is 15.3. The van der Waals surface area contributed by atoms with Crippen molar-refractivity contribution in [3.05, 3.63) is 89.5 Å². The highest BCUT2D eigenvalue weighted by molar-refractivity contribution is 7.92. The molecule has 4 rings (SSSR count). The van der Waals surface area contributed by atoms with E-state index in [9.17, 15) is 13.2 Å². The van der Waals surface area contributed by atoms with Crippen molar-refractivity contribution in [3.8, 4) is 0 Å². The molecule has 1 aliphatic rings. The van der Waals surface area contributed by atoms with Crippen LogP contribution in [0.5, 0.6) is 0 Å². The van der Waals surface area contributed by atoms with Gasteiger partial charge >= 0.3 is 0 Å². The summed E-state index contributed by atoms with van der Waals surface area (Å²) in [5.74, 6) is -0.374. The van der Waals surface area contributed by atoms with Crippen LogP contribution in [0.4, 0.5) is 11.4 Å². The maximum absolute atomic E-state index is 13.5. The second-order valence-electron chi connectivity index (χ2n) is 8.65. The van der Waals surface area contributed by atoms with Gasteiger partial charge in [0.25, 0.3) is 10.0 Å². The topological polar surface area (TPSA) is 79.0 Å². The van der Waals surface area contributed by atoms with Crippen molar-refractivity contribution in [1.29, 1.82) is 0 Å². The number of nitrogens with zero attached hydrogens (tertiary/aromatic N) is 2. The molecule has 0 unspecified atom stereocenters. The van der Waals surface area contributed by atoms with Gasteiger partial charge in [-0.15, -0.1) is 0 Å². The van der Waals surface area contributed by atoms with Crippen LogP contribution in [0, 0.1) is 13.8 Å². The molecule has 7 nitrogen and oxygen atoms in total. The average molecular weight is 494 g/mol. The number of carbonyl (C=O) groups excluding carboxylic acids is 1. The molecule has 1 heterocycles. The summed E-state index contributed by atoms with van der Waals surface area (Å²) >= 11 is 0. The monoisotopic (exact) mass is 493 g/mol. The predicted octanol–water partition coefficient (Wildman–Crippen LogP) is 3.65. The number of sulfonamides is 1. The number of carbonyl (C=O) groups is 1. The molecule has 0 atom stereocenters. The first-order valence-corrected chi connectivity index (χ1v) is 13.1. The zero-order valence-electron chi connectivity index (χ0n) is 20.1. The molecule has 8 heteroatoms. The Morgan fingerprint density at radius 3 is 2.26 bits per heavy atom. The molecule has 3 aromatic rings. The lowest BCUT2D eigenvalue weighted by molar-refractivity contribution is -0.119. The summed E-state index contributed by atoms with van der Waals surface area (Å²) in [6.45, 7) is 6.90. The van der Waals surface area contributed by atoms with E-state index in [-0.39, 0.29) is 17.3 Å². The van der Waals surface area contributed by atoms with E-state index in [1.54, 1.807) is 36.4 Å². The van der Waals surface area contributed by atoms with Crippen LogP contribution in [0.1, 0.15) is 16.7 Å². The van der Waals surface area contributed by atoms with E-state index in [1.807, 2.05) is 50.2 Å². The smallest absolute Gasteiger partial charge is 0.264 e. The fraction of sp³-hybridized carbons (Fsp3) is 0.296. The van der Waals surface area contributed by atoms with Gasteiger partial charge in [0.15, 0.2) is 0 Å². The predicted molar refractivity (Wildman–Crippen MR) is 138 cm³/mol. The summed E-state index contributed by atoms with van der Waals surface area (Å²) in [5, 5.41) is 2.87. The average Bonchev–Trinajstić information content (AvgIpc) is 2.87. The summed E-state index contributed by atoms with van der Waals surface area (Å²) < 4.78 is 33.6. The molecule has 0 bridgehead atoms. The third-order valence-corrected chi connectivity index (χ3v) is 7.86. The number of rotatable bonds is 8. The number of hydrogen-bond donors (Lipinski definition) is 1. The van der Waals surface area contributed by atoms with Gasteiger partial charge in [0, 0.05) is 25.3 Å². The van der Waals surface area contributed by atoms with Gasteiger partial charge in [-0.05, 0) is 55.3 Å². The number of anilines is 2. The molecule has 0 saturated carbocycles. The largest absolute Gasteiger partial charge is 0.378 e. The SMILES string of the molecule is Cc1ccc(S(=O)(=O)N(CC(=O)NCc2ccc(N3CCOCC3)cc2)c2ccccc2C)cc1. The van der Waals surface area contributed by atoms with Gasteiger partial charge in [-0.25, -0.2) is 8.42 Å². The minimum absolute atomic E-state index is 0.151. The van der Waals surface area contributed by atoms with Crippen LogP contribution in [0.15, 0.2) is 77.7 Å². The quantitative estimate of drug-likeness (QED) is 0.518. The molecule has 3 aromatic carbocycles. The zero-order valence-corrected chi connectivity index (χ0v) is 20.9. The summed E-state index contributed by atoms with van der Waals surface area (Å²) in [6, 6.07) is 21.9. The molecule has 0 aromatic heterocycles. The van der Waals surface area contributed by atoms with E-state index in [2.05, 4.69) is 10.2 Å². The molecular weight excluding hydrogens is 462 g/mol. The molecule has 1 aliphatic heterocycles. The highest BCUT2D eigenvalue weighted by Gasteiger charge is 2.28. The Morgan fingerprint density at radius 1 is 0.943 bits per heavy atom. The van der Waals surface area contributed by atoms with Crippen molar-refractivity contribution >= 4 is 27.3 Å². The molecular formula is C27H31N3O4S. The van der Waals surface area contributed by atoms with Gasteiger partial charge in [-0.2, -0.15) is 0 Å². The minimum atomic E-state index is -3.93. The van der Waals surface area contributed by atoms with E-state index >= 15 is 0 Å². The first-order valence-electron chi connectivity index (χ1n) is 11.7. The summed E-state index contributed by atoms with van der Waals surface area (Å²) in [7, 11) is -3.93. The van der Waals surface area contributed by atoms with Crippen LogP contribution in [0.2, 0.25) is 0 Å². The lowest BCUT2D eigenvalue weighted by Crippen LogP contribution is -2.41. The Kier molecular flexibility index (Phi) is 7.73. The van der Waals surface area contributed by atoms with Crippen LogP contribution in [-0.4, -0.2) is 47.2 Å². The third kappa shape index (κ3) is 6.01. The fourth-order valence-corrected chi connectivity index (χ4v) is 5.50. The second kappa shape index (κ2) is 10.9. The van der Waals surface area contributed by atoms with E-state index in [0.29, 0.717) is 12.2 Å². The Labute approximate surface area is 207 Å². The van der Waals surface area contributed by atoms with Crippen molar-refractivity contribution in [2.75, 3.05) is 42.1 Å². The van der Waals surface area contributed by atoms with Gasteiger partial charge in [0.1, 0.15) is 6.54 Å². The van der Waals surface area contributed by atoms with Crippen molar-refractivity contribution in [1.82, 2.24) is 5.32 Å². The molecule has 35 heavy (non-hydrogen) atoms. The van der Waals surface area contributed by atoms with Crippen molar-refractivity contribution in [2.45, 2.75) is 25.3 Å². The molecule has 0 spiro atoms. The highest BCUT2D eigenvalue weighted by Crippen LogP contribution is 2.27. The lowest BCUT2D eigenvalue weighted by atomic mass is 10.2. The van der Waals surface area contributed by atoms with E-state index in [1.165, 1.54) is 4.31 Å². The van der Waals surface area contributed by atoms with Gasteiger partial charge in [0.2, 0.25) is 5.91 Å². The van der Waals surface area contributed by atoms with Crippen LogP contribution in [0.3, 0.4) is 0 Å².